The smallest absolute Gasteiger partial charge is 0.278 e. The van der Waals surface area contributed by atoms with Crippen molar-refractivity contribution in [1.82, 2.24) is 4.90 Å². The summed E-state index contributed by atoms with van der Waals surface area (Å²) in [7, 11) is 1.56. The predicted octanol–water partition coefficient (Wildman–Crippen LogP) is 4.89. The highest BCUT2D eigenvalue weighted by molar-refractivity contribution is 6.36. The number of aryl methyl sites for hydroxylation is 2. The minimum atomic E-state index is -0.402. The zero-order valence-electron chi connectivity index (χ0n) is 18.8. The average molecular weight is 445 g/mol. The topological polar surface area (TPSA) is 58.6 Å². The Bertz CT molecular complexity index is 1230. The number of rotatable bonds is 7. The third kappa shape index (κ3) is 4.65. The molecule has 0 bridgehead atoms. The molecule has 0 aromatic heterocycles. The van der Waals surface area contributed by atoms with Crippen molar-refractivity contribution >= 4 is 23.1 Å². The molecular weight excluding hydrogens is 419 g/mol. The van der Waals surface area contributed by atoms with Gasteiger partial charge in [-0.3, -0.25) is 14.5 Å². The predicted molar refractivity (Wildman–Crippen MR) is 126 cm³/mol. The van der Waals surface area contributed by atoms with Gasteiger partial charge < -0.3 is 10.1 Å². The maximum absolute atomic E-state index is 13.4. The summed E-state index contributed by atoms with van der Waals surface area (Å²) >= 11 is 0. The van der Waals surface area contributed by atoms with E-state index in [-0.39, 0.29) is 24.0 Å². The van der Waals surface area contributed by atoms with Crippen LogP contribution in [0.25, 0.3) is 5.57 Å². The van der Waals surface area contributed by atoms with Gasteiger partial charge in [-0.1, -0.05) is 48.0 Å². The van der Waals surface area contributed by atoms with Crippen molar-refractivity contribution in [2.24, 2.45) is 0 Å². The van der Waals surface area contributed by atoms with Gasteiger partial charge in [0.1, 0.15) is 17.3 Å². The van der Waals surface area contributed by atoms with E-state index in [0.29, 0.717) is 29.0 Å². The lowest BCUT2D eigenvalue weighted by Gasteiger charge is -2.16. The Morgan fingerprint density at radius 2 is 1.55 bits per heavy atom. The zero-order chi connectivity index (χ0) is 23.5. The highest BCUT2D eigenvalue weighted by Gasteiger charge is 2.39. The number of ether oxygens (including phenoxy) is 1. The minimum Gasteiger partial charge on any atom is -0.495 e. The molecule has 1 N–H and O–H groups in total. The molecule has 0 saturated heterocycles. The quantitative estimate of drug-likeness (QED) is 0.528. The van der Waals surface area contributed by atoms with E-state index in [1.807, 2.05) is 56.3 Å². The summed E-state index contributed by atoms with van der Waals surface area (Å²) in [6.07, 6.45) is 0.431. The molecule has 0 aliphatic carbocycles. The third-order valence-electron chi connectivity index (χ3n) is 5.66. The molecule has 6 heteroatoms. The number of anilines is 1. The summed E-state index contributed by atoms with van der Waals surface area (Å²) in [6.45, 7) is 4.09. The number of carbonyl (C=O) groups is 2. The van der Waals surface area contributed by atoms with Crippen molar-refractivity contribution in [2.45, 2.75) is 20.3 Å². The number of halogens is 1. The van der Waals surface area contributed by atoms with Crippen molar-refractivity contribution in [3.05, 3.63) is 100 Å². The molecule has 168 valence electrons. The Labute approximate surface area is 192 Å². The molecule has 4 rings (SSSR count). The molecule has 0 spiro atoms. The second-order valence-corrected chi connectivity index (χ2v) is 8.08. The number of benzene rings is 3. The molecule has 2 amide bonds. The molecule has 0 radical (unpaired) electrons. The highest BCUT2D eigenvalue weighted by atomic mass is 19.1. The van der Waals surface area contributed by atoms with Crippen LogP contribution in [-0.4, -0.2) is 30.4 Å². The Balaban J connectivity index is 1.69. The van der Waals surface area contributed by atoms with Crippen molar-refractivity contribution in [2.75, 3.05) is 19.0 Å². The van der Waals surface area contributed by atoms with E-state index in [0.717, 1.165) is 16.7 Å². The van der Waals surface area contributed by atoms with E-state index in [1.165, 1.54) is 17.0 Å². The molecule has 0 fully saturated rings. The standard InChI is InChI=1S/C27H25FN2O3/c1-17-4-9-20(10-5-17)24-25(29-22-16-18(2)6-13-23(22)33-3)27(32)30(26(24)31)15-14-19-7-11-21(28)12-8-19/h4-13,16,29H,14-15H2,1-3H3. The van der Waals surface area contributed by atoms with Gasteiger partial charge in [0.25, 0.3) is 11.8 Å². The van der Waals surface area contributed by atoms with Gasteiger partial charge in [-0.25, -0.2) is 4.39 Å². The number of hydrogen-bond acceptors (Lipinski definition) is 4. The van der Waals surface area contributed by atoms with E-state index < -0.39 is 5.91 Å². The van der Waals surface area contributed by atoms with E-state index in [2.05, 4.69) is 5.32 Å². The molecule has 1 aliphatic heterocycles. The first-order valence-electron chi connectivity index (χ1n) is 10.7. The lowest BCUT2D eigenvalue weighted by molar-refractivity contribution is -0.136. The largest absolute Gasteiger partial charge is 0.495 e. The Morgan fingerprint density at radius 3 is 2.21 bits per heavy atom. The fraction of sp³-hybridized carbons (Fsp3) is 0.185. The van der Waals surface area contributed by atoms with Gasteiger partial charge in [0.15, 0.2) is 0 Å². The Kier molecular flexibility index (Phi) is 6.27. The van der Waals surface area contributed by atoms with Crippen LogP contribution < -0.4 is 10.1 Å². The van der Waals surface area contributed by atoms with Crippen LogP contribution in [0.3, 0.4) is 0 Å². The van der Waals surface area contributed by atoms with Gasteiger partial charge in [-0.15, -0.1) is 0 Å². The molecular formula is C27H25FN2O3. The fourth-order valence-electron chi connectivity index (χ4n) is 3.83. The molecule has 1 aliphatic rings. The Hall–Kier alpha value is -3.93. The van der Waals surface area contributed by atoms with Crippen molar-refractivity contribution in [1.29, 1.82) is 0 Å². The van der Waals surface area contributed by atoms with Gasteiger partial charge >= 0.3 is 0 Å². The van der Waals surface area contributed by atoms with E-state index >= 15 is 0 Å². The summed E-state index contributed by atoms with van der Waals surface area (Å²) in [5, 5.41) is 3.17. The SMILES string of the molecule is COc1ccc(C)cc1NC1=C(c2ccc(C)cc2)C(=O)N(CCc2ccc(F)cc2)C1=O. The highest BCUT2D eigenvalue weighted by Crippen LogP contribution is 2.34. The molecule has 1 heterocycles. The monoisotopic (exact) mass is 444 g/mol. The second kappa shape index (κ2) is 9.28. The molecule has 3 aromatic rings. The Morgan fingerprint density at radius 1 is 0.879 bits per heavy atom. The number of nitrogens with zero attached hydrogens (tertiary/aromatic N) is 1. The van der Waals surface area contributed by atoms with Crippen molar-refractivity contribution in [3.63, 3.8) is 0 Å². The third-order valence-corrected chi connectivity index (χ3v) is 5.66. The number of methoxy groups -OCH3 is 1. The van der Waals surface area contributed by atoms with Gasteiger partial charge in [-0.05, 0) is 61.2 Å². The molecule has 33 heavy (non-hydrogen) atoms. The summed E-state index contributed by atoms with van der Waals surface area (Å²) in [6, 6.07) is 19.2. The summed E-state index contributed by atoms with van der Waals surface area (Å²) < 4.78 is 18.7. The second-order valence-electron chi connectivity index (χ2n) is 8.08. The minimum absolute atomic E-state index is 0.189. The first kappa shape index (κ1) is 22.3. The lowest BCUT2D eigenvalue weighted by Crippen LogP contribution is -2.34. The first-order chi connectivity index (χ1) is 15.9. The van der Waals surface area contributed by atoms with Crippen LogP contribution in [-0.2, 0) is 16.0 Å². The first-order valence-corrected chi connectivity index (χ1v) is 10.7. The van der Waals surface area contributed by atoms with E-state index in [1.54, 1.807) is 19.2 Å². The van der Waals surface area contributed by atoms with Crippen LogP contribution in [0.1, 0.15) is 22.3 Å². The van der Waals surface area contributed by atoms with Crippen molar-refractivity contribution < 1.29 is 18.7 Å². The van der Waals surface area contributed by atoms with Crippen LogP contribution in [0.5, 0.6) is 5.75 Å². The van der Waals surface area contributed by atoms with Gasteiger partial charge in [0.2, 0.25) is 0 Å². The molecule has 0 unspecified atom stereocenters. The molecule has 5 nitrogen and oxygen atoms in total. The lowest BCUT2D eigenvalue weighted by atomic mass is 10.0. The molecule has 0 atom stereocenters. The zero-order valence-corrected chi connectivity index (χ0v) is 18.8. The maximum Gasteiger partial charge on any atom is 0.278 e. The average Bonchev–Trinajstić information content (AvgIpc) is 3.03. The van der Waals surface area contributed by atoms with E-state index in [9.17, 15) is 14.0 Å². The number of carbonyl (C=O) groups excluding carboxylic acids is 2. The molecule has 0 saturated carbocycles. The molecule has 3 aromatic carbocycles. The van der Waals surface area contributed by atoms with Crippen LogP contribution >= 0.6 is 0 Å². The van der Waals surface area contributed by atoms with Crippen LogP contribution in [0.15, 0.2) is 72.4 Å². The normalized spacial score (nSPS) is 13.6. The number of amides is 2. The van der Waals surface area contributed by atoms with Crippen LogP contribution in [0.4, 0.5) is 10.1 Å². The summed E-state index contributed by atoms with van der Waals surface area (Å²) in [5.41, 5.74) is 4.70. The fourth-order valence-corrected chi connectivity index (χ4v) is 3.83. The van der Waals surface area contributed by atoms with Gasteiger partial charge in [0.05, 0.1) is 18.4 Å². The number of imide groups is 1. The number of nitrogens with one attached hydrogen (secondary N) is 1. The van der Waals surface area contributed by atoms with E-state index in [4.69, 9.17) is 4.74 Å². The summed E-state index contributed by atoms with van der Waals surface area (Å²) in [5.74, 6) is -0.517. The van der Waals surface area contributed by atoms with Gasteiger partial charge in [0, 0.05) is 6.54 Å². The number of hydrogen-bond donors (Lipinski definition) is 1. The van der Waals surface area contributed by atoms with Crippen LogP contribution in [0, 0.1) is 19.7 Å². The van der Waals surface area contributed by atoms with Crippen molar-refractivity contribution in [3.8, 4) is 5.75 Å². The summed E-state index contributed by atoms with van der Waals surface area (Å²) in [4.78, 5) is 28.1. The maximum atomic E-state index is 13.4. The van der Waals surface area contributed by atoms with Crippen LogP contribution in [0.2, 0.25) is 0 Å². The van der Waals surface area contributed by atoms with Gasteiger partial charge in [-0.2, -0.15) is 0 Å².